The van der Waals surface area contributed by atoms with Crippen molar-refractivity contribution < 1.29 is 19.4 Å². The number of carboxylic acid groups (broad SMARTS) is 1. The predicted octanol–water partition coefficient (Wildman–Crippen LogP) is 6.35. The number of urea groups is 1. The second-order valence-corrected chi connectivity index (χ2v) is 12.2. The van der Waals surface area contributed by atoms with Gasteiger partial charge in [-0.1, -0.05) is 55.2 Å². The molecule has 2 aliphatic rings. The van der Waals surface area contributed by atoms with Gasteiger partial charge in [0.15, 0.2) is 5.13 Å². The second-order valence-electron chi connectivity index (χ2n) is 9.29. The summed E-state index contributed by atoms with van der Waals surface area (Å²) in [5.41, 5.74) is -0.549. The van der Waals surface area contributed by atoms with Crippen molar-refractivity contribution in [2.75, 3.05) is 11.9 Å². The fraction of sp³-hybridized carbons (Fsp3) is 0.783. The Hall–Kier alpha value is -1.32. The van der Waals surface area contributed by atoms with Crippen molar-refractivity contribution in [3.8, 4) is 0 Å². The molecule has 0 aliphatic heterocycles. The summed E-state index contributed by atoms with van der Waals surface area (Å²) in [5.74, 6) is -0.878. The SMILES string of the molecule is CCOC1(N(C(=O)Nc2ncc(SC(C)(C)C(=O)O)s2)C2CCCCCC2)CCCCC1. The number of hydrogen-bond donors (Lipinski definition) is 2. The van der Waals surface area contributed by atoms with E-state index in [0.717, 1.165) is 55.6 Å². The summed E-state index contributed by atoms with van der Waals surface area (Å²) in [6, 6.07) is 0.0255. The van der Waals surface area contributed by atoms with Gasteiger partial charge in [-0.15, -0.1) is 0 Å². The number of carboxylic acids is 1. The first-order chi connectivity index (χ1) is 15.3. The first kappa shape index (κ1) is 25.3. The number of hydrogen-bond acceptors (Lipinski definition) is 6. The zero-order valence-electron chi connectivity index (χ0n) is 19.5. The maximum Gasteiger partial charge on any atom is 0.326 e. The van der Waals surface area contributed by atoms with Gasteiger partial charge < -0.3 is 9.84 Å². The first-order valence-electron chi connectivity index (χ1n) is 11.9. The first-order valence-corrected chi connectivity index (χ1v) is 13.5. The van der Waals surface area contributed by atoms with E-state index < -0.39 is 16.4 Å². The second kappa shape index (κ2) is 11.2. The van der Waals surface area contributed by atoms with Gasteiger partial charge in [-0.3, -0.25) is 15.0 Å². The Bertz CT molecular complexity index is 764. The standard InChI is InChI=1S/C23H37N3O4S2/c1-4-30-23(14-10-7-11-15-23)26(17-12-8-5-6-9-13-17)21(29)25-20-24-16-18(31-20)32-22(2,3)19(27)28/h16-17H,4-15H2,1-3H3,(H,27,28)(H,24,25,29). The van der Waals surface area contributed by atoms with Crippen molar-refractivity contribution in [1.82, 2.24) is 9.88 Å². The minimum absolute atomic E-state index is 0.143. The molecule has 2 N–H and O–H groups in total. The molecule has 1 aromatic heterocycles. The molecule has 0 radical (unpaired) electrons. The molecular formula is C23H37N3O4S2. The lowest BCUT2D eigenvalue weighted by atomic mass is 9.88. The number of nitrogens with one attached hydrogen (secondary N) is 1. The zero-order valence-corrected chi connectivity index (χ0v) is 21.2. The number of anilines is 1. The number of aromatic nitrogens is 1. The zero-order chi connectivity index (χ0) is 23.2. The number of nitrogens with zero attached hydrogens (tertiary/aromatic N) is 2. The van der Waals surface area contributed by atoms with Gasteiger partial charge in [0, 0.05) is 12.6 Å². The Morgan fingerprint density at radius 2 is 1.84 bits per heavy atom. The Kier molecular flexibility index (Phi) is 8.86. The van der Waals surface area contributed by atoms with E-state index in [2.05, 4.69) is 10.3 Å². The Balaban J connectivity index is 1.81. The summed E-state index contributed by atoms with van der Waals surface area (Å²) < 4.78 is 6.17. The molecule has 2 amide bonds. The number of carbonyl (C=O) groups is 2. The number of amides is 2. The Morgan fingerprint density at radius 3 is 2.44 bits per heavy atom. The summed E-state index contributed by atoms with van der Waals surface area (Å²) in [6.07, 6.45) is 13.4. The van der Waals surface area contributed by atoms with Crippen molar-refractivity contribution in [2.24, 2.45) is 0 Å². The highest BCUT2D eigenvalue weighted by Crippen LogP contribution is 2.41. The predicted molar refractivity (Wildman–Crippen MR) is 129 cm³/mol. The molecule has 180 valence electrons. The molecule has 3 rings (SSSR count). The van der Waals surface area contributed by atoms with Crippen molar-refractivity contribution in [2.45, 2.75) is 112 Å². The molecule has 9 heteroatoms. The fourth-order valence-corrected chi connectivity index (χ4v) is 7.10. The van der Waals surface area contributed by atoms with Crippen molar-refractivity contribution in [1.29, 1.82) is 0 Å². The van der Waals surface area contributed by atoms with Crippen molar-refractivity contribution in [3.63, 3.8) is 0 Å². The van der Waals surface area contributed by atoms with Crippen LogP contribution in [0.15, 0.2) is 10.4 Å². The van der Waals surface area contributed by atoms with Crippen LogP contribution in [0.25, 0.3) is 0 Å². The number of aliphatic carboxylic acids is 1. The third kappa shape index (κ3) is 6.17. The summed E-state index contributed by atoms with van der Waals surface area (Å²) in [4.78, 5) is 31.5. The average molecular weight is 484 g/mol. The molecule has 2 saturated carbocycles. The highest BCUT2D eigenvalue weighted by atomic mass is 32.2. The molecule has 1 heterocycles. The van der Waals surface area contributed by atoms with E-state index >= 15 is 0 Å². The lowest BCUT2D eigenvalue weighted by Crippen LogP contribution is -2.60. The number of carbonyl (C=O) groups excluding carboxylic acids is 1. The summed E-state index contributed by atoms with van der Waals surface area (Å²) in [5, 5.41) is 12.9. The molecule has 0 atom stereocenters. The number of ether oxygens (including phenoxy) is 1. The average Bonchev–Trinajstić information content (AvgIpc) is 2.99. The van der Waals surface area contributed by atoms with Crippen LogP contribution in [0, 0.1) is 0 Å². The van der Waals surface area contributed by atoms with Gasteiger partial charge in [0.05, 0.1) is 10.4 Å². The van der Waals surface area contributed by atoms with Crippen LogP contribution in [0.2, 0.25) is 0 Å². The quantitative estimate of drug-likeness (QED) is 0.254. The molecule has 0 aromatic carbocycles. The van der Waals surface area contributed by atoms with E-state index in [0.29, 0.717) is 11.7 Å². The fourth-order valence-electron chi connectivity index (χ4n) is 4.84. The lowest BCUT2D eigenvalue weighted by molar-refractivity contribution is -0.164. The molecule has 1 aromatic rings. The van der Waals surface area contributed by atoms with Gasteiger partial charge in [-0.25, -0.2) is 9.78 Å². The van der Waals surface area contributed by atoms with Crippen molar-refractivity contribution >= 4 is 40.2 Å². The van der Waals surface area contributed by atoms with Gasteiger partial charge >= 0.3 is 12.0 Å². The molecule has 0 spiro atoms. The topological polar surface area (TPSA) is 91.8 Å². The highest BCUT2D eigenvalue weighted by Gasteiger charge is 2.45. The lowest BCUT2D eigenvalue weighted by Gasteiger charge is -2.49. The molecule has 0 unspecified atom stereocenters. The van der Waals surface area contributed by atoms with Crippen LogP contribution in [0.3, 0.4) is 0 Å². The number of thiazole rings is 1. The van der Waals surface area contributed by atoms with Crippen LogP contribution in [-0.4, -0.2) is 50.1 Å². The van der Waals surface area contributed by atoms with Gasteiger partial charge in [0.1, 0.15) is 10.5 Å². The third-order valence-corrected chi connectivity index (χ3v) is 8.66. The molecule has 2 fully saturated rings. The van der Waals surface area contributed by atoms with Crippen LogP contribution >= 0.6 is 23.1 Å². The molecule has 0 bridgehead atoms. The van der Waals surface area contributed by atoms with Crippen LogP contribution in [-0.2, 0) is 9.53 Å². The summed E-state index contributed by atoms with van der Waals surface area (Å²) in [6.45, 7) is 5.92. The third-order valence-electron chi connectivity index (χ3n) is 6.46. The molecule has 0 saturated heterocycles. The highest BCUT2D eigenvalue weighted by molar-refractivity contribution is 8.03. The number of rotatable bonds is 8. The normalized spacial score (nSPS) is 19.8. The van der Waals surface area contributed by atoms with E-state index in [9.17, 15) is 14.7 Å². The molecule has 7 nitrogen and oxygen atoms in total. The van der Waals surface area contributed by atoms with Gasteiger partial charge in [-0.2, -0.15) is 0 Å². The summed E-state index contributed by atoms with van der Waals surface area (Å²) >= 11 is 2.57. The van der Waals surface area contributed by atoms with Crippen LogP contribution in [0.5, 0.6) is 0 Å². The maximum atomic E-state index is 13.7. The minimum Gasteiger partial charge on any atom is -0.480 e. The van der Waals surface area contributed by atoms with E-state index in [1.807, 2.05) is 11.8 Å². The van der Waals surface area contributed by atoms with Crippen LogP contribution < -0.4 is 5.32 Å². The molecule has 2 aliphatic carbocycles. The van der Waals surface area contributed by atoms with Gasteiger partial charge in [0.25, 0.3) is 0 Å². The number of thioether (sulfide) groups is 1. The summed E-state index contributed by atoms with van der Waals surface area (Å²) in [7, 11) is 0. The largest absolute Gasteiger partial charge is 0.480 e. The van der Waals surface area contributed by atoms with Gasteiger partial charge in [-0.05, 0) is 59.3 Å². The van der Waals surface area contributed by atoms with E-state index in [-0.39, 0.29) is 12.1 Å². The minimum atomic E-state index is -0.957. The van der Waals surface area contributed by atoms with E-state index in [1.165, 1.54) is 42.4 Å². The van der Waals surface area contributed by atoms with Crippen LogP contribution in [0.4, 0.5) is 9.93 Å². The Morgan fingerprint density at radius 1 is 1.22 bits per heavy atom. The molecular weight excluding hydrogens is 446 g/mol. The molecule has 32 heavy (non-hydrogen) atoms. The smallest absolute Gasteiger partial charge is 0.326 e. The monoisotopic (exact) mass is 483 g/mol. The van der Waals surface area contributed by atoms with Crippen LogP contribution in [0.1, 0.15) is 91.4 Å². The van der Waals surface area contributed by atoms with E-state index in [1.54, 1.807) is 20.0 Å². The van der Waals surface area contributed by atoms with E-state index in [4.69, 9.17) is 4.74 Å². The van der Waals surface area contributed by atoms with Gasteiger partial charge in [0.2, 0.25) is 0 Å². The van der Waals surface area contributed by atoms with Crippen molar-refractivity contribution in [3.05, 3.63) is 6.20 Å². The Labute approximate surface area is 199 Å². The maximum absolute atomic E-state index is 13.7.